The largest absolute Gasteiger partial charge is 0.382 e. The van der Waals surface area contributed by atoms with Gasteiger partial charge in [-0.2, -0.15) is 0 Å². The number of benzene rings is 1. The molecule has 2 atom stereocenters. The summed E-state index contributed by atoms with van der Waals surface area (Å²) in [6.07, 6.45) is 0.850. The fraction of sp³-hybridized carbons (Fsp3) is 0.588. The Balaban J connectivity index is 1.96. The first-order chi connectivity index (χ1) is 9.99. The lowest BCUT2D eigenvalue weighted by molar-refractivity contribution is -0.122. The van der Waals surface area contributed by atoms with Gasteiger partial charge < -0.3 is 15.5 Å². The highest BCUT2D eigenvalue weighted by Crippen LogP contribution is 2.33. The van der Waals surface area contributed by atoms with Crippen molar-refractivity contribution in [3.8, 4) is 0 Å². The maximum atomic E-state index is 12.5. The van der Waals surface area contributed by atoms with E-state index in [1.54, 1.807) is 0 Å². The summed E-state index contributed by atoms with van der Waals surface area (Å²) in [6, 6.07) is 8.95. The SMILES string of the molecule is CC(C)N(C)CCNC(=O)[C@@H]1C[C@H](C)Nc2ccccc21. The minimum Gasteiger partial charge on any atom is -0.382 e. The van der Waals surface area contributed by atoms with Crippen LogP contribution in [0.2, 0.25) is 0 Å². The number of fused-ring (bicyclic) bond motifs is 1. The first-order valence-corrected chi connectivity index (χ1v) is 7.82. The highest BCUT2D eigenvalue weighted by molar-refractivity contribution is 5.86. The lowest BCUT2D eigenvalue weighted by atomic mass is 9.87. The zero-order chi connectivity index (χ0) is 15.4. The van der Waals surface area contributed by atoms with Gasteiger partial charge in [0.1, 0.15) is 0 Å². The third-order valence-corrected chi connectivity index (χ3v) is 4.29. The van der Waals surface area contributed by atoms with E-state index >= 15 is 0 Å². The van der Waals surface area contributed by atoms with E-state index in [0.29, 0.717) is 18.6 Å². The van der Waals surface area contributed by atoms with Crippen LogP contribution in [0.1, 0.15) is 38.7 Å². The van der Waals surface area contributed by atoms with Crippen molar-refractivity contribution in [2.24, 2.45) is 0 Å². The molecule has 1 aromatic carbocycles. The molecule has 1 aliphatic rings. The number of nitrogens with zero attached hydrogens (tertiary/aromatic N) is 1. The van der Waals surface area contributed by atoms with Crippen LogP contribution in [0.25, 0.3) is 0 Å². The average molecular weight is 289 g/mol. The van der Waals surface area contributed by atoms with Gasteiger partial charge in [0.05, 0.1) is 5.92 Å². The van der Waals surface area contributed by atoms with Crippen LogP contribution in [-0.2, 0) is 4.79 Å². The average Bonchev–Trinajstić information content (AvgIpc) is 2.45. The predicted molar refractivity (Wildman–Crippen MR) is 87.7 cm³/mol. The molecular weight excluding hydrogens is 262 g/mol. The summed E-state index contributed by atoms with van der Waals surface area (Å²) >= 11 is 0. The molecule has 4 nitrogen and oxygen atoms in total. The number of para-hydroxylation sites is 1. The summed E-state index contributed by atoms with van der Waals surface area (Å²) < 4.78 is 0. The van der Waals surface area contributed by atoms with Gasteiger partial charge in [-0.1, -0.05) is 18.2 Å². The van der Waals surface area contributed by atoms with Gasteiger partial charge in [0.2, 0.25) is 5.91 Å². The molecule has 2 N–H and O–H groups in total. The van der Waals surface area contributed by atoms with E-state index in [4.69, 9.17) is 0 Å². The monoisotopic (exact) mass is 289 g/mol. The molecule has 1 aromatic rings. The number of nitrogens with one attached hydrogen (secondary N) is 2. The fourth-order valence-electron chi connectivity index (χ4n) is 2.72. The van der Waals surface area contributed by atoms with Crippen molar-refractivity contribution in [1.82, 2.24) is 10.2 Å². The highest BCUT2D eigenvalue weighted by atomic mass is 16.1. The number of rotatable bonds is 5. The minimum absolute atomic E-state index is 0.0400. The third-order valence-electron chi connectivity index (χ3n) is 4.29. The van der Waals surface area contributed by atoms with E-state index in [1.165, 1.54) is 0 Å². The smallest absolute Gasteiger partial charge is 0.227 e. The maximum absolute atomic E-state index is 12.5. The van der Waals surface area contributed by atoms with E-state index in [1.807, 2.05) is 12.1 Å². The molecule has 0 spiro atoms. The van der Waals surface area contributed by atoms with Crippen molar-refractivity contribution in [2.45, 2.75) is 45.2 Å². The second-order valence-electron chi connectivity index (χ2n) is 6.29. The maximum Gasteiger partial charge on any atom is 0.227 e. The Hall–Kier alpha value is -1.55. The van der Waals surface area contributed by atoms with Crippen molar-refractivity contribution in [2.75, 3.05) is 25.5 Å². The Morgan fingerprint density at radius 3 is 2.86 bits per heavy atom. The molecule has 116 valence electrons. The summed E-state index contributed by atoms with van der Waals surface area (Å²) in [6.45, 7) is 8.03. The van der Waals surface area contributed by atoms with E-state index in [-0.39, 0.29) is 11.8 Å². The summed E-state index contributed by atoms with van der Waals surface area (Å²) in [5.41, 5.74) is 2.21. The molecule has 0 fully saturated rings. The predicted octanol–water partition coefficient (Wildman–Crippen LogP) is 2.43. The lowest BCUT2D eigenvalue weighted by Gasteiger charge is -2.31. The quantitative estimate of drug-likeness (QED) is 0.875. The molecule has 0 aliphatic carbocycles. The Labute approximate surface area is 127 Å². The Morgan fingerprint density at radius 2 is 2.14 bits per heavy atom. The van der Waals surface area contributed by atoms with Crippen LogP contribution in [-0.4, -0.2) is 43.0 Å². The van der Waals surface area contributed by atoms with Gasteiger partial charge in [0, 0.05) is 30.9 Å². The van der Waals surface area contributed by atoms with E-state index < -0.39 is 0 Å². The van der Waals surface area contributed by atoms with Crippen molar-refractivity contribution >= 4 is 11.6 Å². The van der Waals surface area contributed by atoms with Gasteiger partial charge in [-0.25, -0.2) is 0 Å². The van der Waals surface area contributed by atoms with Gasteiger partial charge in [0.15, 0.2) is 0 Å². The van der Waals surface area contributed by atoms with Crippen molar-refractivity contribution < 1.29 is 4.79 Å². The molecule has 0 radical (unpaired) electrons. The summed E-state index contributed by atoms with van der Waals surface area (Å²) in [5, 5.41) is 6.54. The highest BCUT2D eigenvalue weighted by Gasteiger charge is 2.29. The Kier molecular flexibility index (Phi) is 5.23. The number of hydrogen-bond acceptors (Lipinski definition) is 3. The Bertz CT molecular complexity index is 487. The number of likely N-dealkylation sites (N-methyl/N-ethyl adjacent to an activating group) is 1. The Morgan fingerprint density at radius 1 is 1.43 bits per heavy atom. The number of anilines is 1. The molecule has 1 heterocycles. The number of carbonyl (C=O) groups is 1. The van der Waals surface area contributed by atoms with Gasteiger partial charge in [-0.05, 0) is 45.9 Å². The van der Waals surface area contributed by atoms with Crippen LogP contribution in [0.5, 0.6) is 0 Å². The fourth-order valence-corrected chi connectivity index (χ4v) is 2.72. The van der Waals surface area contributed by atoms with E-state index in [0.717, 1.165) is 24.2 Å². The van der Waals surface area contributed by atoms with Crippen LogP contribution < -0.4 is 10.6 Å². The summed E-state index contributed by atoms with van der Waals surface area (Å²) in [7, 11) is 2.08. The van der Waals surface area contributed by atoms with Crippen molar-refractivity contribution in [3.63, 3.8) is 0 Å². The molecular formula is C17H27N3O. The minimum atomic E-state index is -0.0400. The molecule has 0 aromatic heterocycles. The molecule has 4 heteroatoms. The number of amides is 1. The number of hydrogen-bond donors (Lipinski definition) is 2. The first-order valence-electron chi connectivity index (χ1n) is 7.82. The zero-order valence-corrected chi connectivity index (χ0v) is 13.5. The zero-order valence-electron chi connectivity index (χ0n) is 13.5. The molecule has 0 bridgehead atoms. The number of carbonyl (C=O) groups excluding carboxylic acids is 1. The van der Waals surface area contributed by atoms with Gasteiger partial charge in [0.25, 0.3) is 0 Å². The van der Waals surface area contributed by atoms with Crippen LogP contribution in [0.15, 0.2) is 24.3 Å². The van der Waals surface area contributed by atoms with Crippen LogP contribution in [0.4, 0.5) is 5.69 Å². The molecule has 1 aliphatic heterocycles. The van der Waals surface area contributed by atoms with Crippen LogP contribution in [0, 0.1) is 0 Å². The van der Waals surface area contributed by atoms with Crippen molar-refractivity contribution in [3.05, 3.63) is 29.8 Å². The standard InChI is InChI=1S/C17H27N3O/c1-12(2)20(4)10-9-18-17(21)15-11-13(3)19-16-8-6-5-7-14(15)16/h5-8,12-13,15,19H,9-11H2,1-4H3,(H,18,21)/t13-,15+/m0/s1. The van der Waals surface area contributed by atoms with E-state index in [2.05, 4.69) is 55.5 Å². The summed E-state index contributed by atoms with van der Waals surface area (Å²) in [4.78, 5) is 14.7. The van der Waals surface area contributed by atoms with E-state index in [9.17, 15) is 4.79 Å². The molecule has 2 rings (SSSR count). The van der Waals surface area contributed by atoms with Crippen LogP contribution in [0.3, 0.4) is 0 Å². The molecule has 1 amide bonds. The topological polar surface area (TPSA) is 44.4 Å². The summed E-state index contributed by atoms with van der Waals surface area (Å²) in [5.74, 6) is 0.106. The molecule has 0 saturated carbocycles. The van der Waals surface area contributed by atoms with Gasteiger partial charge in [-0.15, -0.1) is 0 Å². The van der Waals surface area contributed by atoms with Gasteiger partial charge >= 0.3 is 0 Å². The molecule has 0 unspecified atom stereocenters. The second-order valence-corrected chi connectivity index (χ2v) is 6.29. The van der Waals surface area contributed by atoms with Crippen LogP contribution >= 0.6 is 0 Å². The molecule has 21 heavy (non-hydrogen) atoms. The second kappa shape index (κ2) is 6.94. The first kappa shape index (κ1) is 15.8. The van der Waals surface area contributed by atoms with Crippen molar-refractivity contribution in [1.29, 1.82) is 0 Å². The third kappa shape index (κ3) is 3.97. The lowest BCUT2D eigenvalue weighted by Crippen LogP contribution is -2.40. The van der Waals surface area contributed by atoms with Gasteiger partial charge in [-0.3, -0.25) is 4.79 Å². The molecule has 0 saturated heterocycles. The normalized spacial score (nSPS) is 21.0.